The van der Waals surface area contributed by atoms with Gasteiger partial charge >= 0.3 is 0 Å². The maximum absolute atomic E-state index is 9.86. The molecule has 3 aromatic rings. The molecule has 1 aliphatic rings. The minimum absolute atomic E-state index is 0.197. The summed E-state index contributed by atoms with van der Waals surface area (Å²) in [6, 6.07) is 9.14. The van der Waals surface area contributed by atoms with Gasteiger partial charge in [0.25, 0.3) is 0 Å². The van der Waals surface area contributed by atoms with Crippen LogP contribution in [-0.4, -0.2) is 53.6 Å². The van der Waals surface area contributed by atoms with Crippen LogP contribution in [-0.2, 0) is 4.74 Å². The number of phenols is 2. The highest BCUT2D eigenvalue weighted by atomic mass is 16.5. The van der Waals surface area contributed by atoms with Crippen LogP contribution in [0.5, 0.6) is 17.2 Å². The van der Waals surface area contributed by atoms with Crippen molar-refractivity contribution in [1.82, 2.24) is 9.97 Å². The predicted octanol–water partition coefficient (Wildman–Crippen LogP) is 2.48. The lowest BCUT2D eigenvalue weighted by molar-refractivity contribution is 0.0788. The molecule has 1 saturated heterocycles. The molecular formula is C18H19N3O4. The number of phenolic OH excluding ortho intramolecular Hbond substituents is 2. The number of anilines is 1. The molecule has 1 aromatic heterocycles. The number of hydrogen-bond donors (Lipinski definition) is 3. The summed E-state index contributed by atoms with van der Waals surface area (Å²) in [6.07, 6.45) is 0.290. The van der Waals surface area contributed by atoms with E-state index in [0.29, 0.717) is 11.4 Å². The molecule has 7 heteroatoms. The Morgan fingerprint density at radius 3 is 2.68 bits per heavy atom. The normalized spacial score (nSPS) is 14.7. The van der Waals surface area contributed by atoms with Gasteiger partial charge in [-0.3, -0.25) is 0 Å². The van der Waals surface area contributed by atoms with Crippen LogP contribution in [0.2, 0.25) is 0 Å². The van der Waals surface area contributed by atoms with E-state index in [4.69, 9.17) is 9.47 Å². The van der Waals surface area contributed by atoms with Gasteiger partial charge in [-0.25, -0.2) is 4.98 Å². The lowest BCUT2D eigenvalue weighted by Gasteiger charge is -2.39. The minimum Gasteiger partial charge on any atom is -0.504 e. The van der Waals surface area contributed by atoms with Crippen LogP contribution in [0.3, 0.4) is 0 Å². The highest BCUT2D eigenvalue weighted by molar-refractivity contribution is 5.83. The molecule has 0 bridgehead atoms. The van der Waals surface area contributed by atoms with Crippen LogP contribution in [0, 0.1) is 0 Å². The summed E-state index contributed by atoms with van der Waals surface area (Å²) in [7, 11) is 3.16. The van der Waals surface area contributed by atoms with E-state index >= 15 is 0 Å². The number of methoxy groups -OCH3 is 2. The summed E-state index contributed by atoms with van der Waals surface area (Å²) >= 11 is 0. The molecule has 25 heavy (non-hydrogen) atoms. The van der Waals surface area contributed by atoms with Crippen molar-refractivity contribution in [2.75, 3.05) is 32.2 Å². The fourth-order valence-electron chi connectivity index (χ4n) is 3.01. The Hall–Kier alpha value is -2.93. The Bertz CT molecular complexity index is 931. The van der Waals surface area contributed by atoms with Gasteiger partial charge in [-0.2, -0.15) is 0 Å². The number of fused-ring (bicyclic) bond motifs is 1. The van der Waals surface area contributed by atoms with E-state index in [1.165, 1.54) is 13.2 Å². The number of ether oxygens (including phenoxy) is 2. The van der Waals surface area contributed by atoms with E-state index in [-0.39, 0.29) is 23.4 Å². The second kappa shape index (κ2) is 5.86. The van der Waals surface area contributed by atoms with E-state index in [9.17, 15) is 10.2 Å². The van der Waals surface area contributed by atoms with Crippen LogP contribution >= 0.6 is 0 Å². The summed E-state index contributed by atoms with van der Waals surface area (Å²) in [5, 5.41) is 19.6. The smallest absolute Gasteiger partial charge is 0.200 e. The number of aromatic amines is 1. The lowest BCUT2D eigenvalue weighted by atomic mass is 10.1. The standard InChI is InChI=1S/C18H19N3O4/c1-24-12-8-21(9-12)11-3-4-13-14(7-11)20-18(19-13)10-5-15(22)17(23)16(6-10)25-2/h3-7,12,22-23H,8-9H2,1-2H3,(H,19,20). The van der Waals surface area contributed by atoms with Gasteiger partial charge in [0.1, 0.15) is 5.82 Å². The first-order chi connectivity index (χ1) is 12.1. The van der Waals surface area contributed by atoms with Gasteiger partial charge in [0.05, 0.1) is 24.2 Å². The number of imidazole rings is 1. The highest BCUT2D eigenvalue weighted by Crippen LogP contribution is 2.39. The first-order valence-corrected chi connectivity index (χ1v) is 7.97. The van der Waals surface area contributed by atoms with Crippen molar-refractivity contribution in [1.29, 1.82) is 0 Å². The van der Waals surface area contributed by atoms with E-state index in [0.717, 1.165) is 29.8 Å². The lowest BCUT2D eigenvalue weighted by Crippen LogP contribution is -2.51. The van der Waals surface area contributed by atoms with E-state index < -0.39 is 0 Å². The van der Waals surface area contributed by atoms with Gasteiger partial charge in [-0.15, -0.1) is 0 Å². The Labute approximate surface area is 144 Å². The molecule has 1 fully saturated rings. The third kappa shape index (κ3) is 2.62. The highest BCUT2D eigenvalue weighted by Gasteiger charge is 2.26. The van der Waals surface area contributed by atoms with Crippen molar-refractivity contribution in [3.63, 3.8) is 0 Å². The Balaban J connectivity index is 1.69. The number of H-pyrrole nitrogens is 1. The molecule has 0 saturated carbocycles. The van der Waals surface area contributed by atoms with Crippen LogP contribution in [0.4, 0.5) is 5.69 Å². The maximum Gasteiger partial charge on any atom is 0.200 e. The van der Waals surface area contributed by atoms with E-state index in [1.807, 2.05) is 18.2 Å². The quantitative estimate of drug-likeness (QED) is 0.632. The maximum atomic E-state index is 9.86. The molecule has 0 spiro atoms. The molecule has 0 atom stereocenters. The summed E-state index contributed by atoms with van der Waals surface area (Å²) in [6.45, 7) is 1.75. The van der Waals surface area contributed by atoms with Gasteiger partial charge in [-0.05, 0) is 30.3 Å². The zero-order chi connectivity index (χ0) is 17.6. The zero-order valence-electron chi connectivity index (χ0n) is 14.0. The number of nitrogens with zero attached hydrogens (tertiary/aromatic N) is 2. The molecule has 0 unspecified atom stereocenters. The molecule has 130 valence electrons. The summed E-state index contributed by atoms with van der Waals surface area (Å²) in [4.78, 5) is 10.1. The molecule has 3 N–H and O–H groups in total. The van der Waals surface area contributed by atoms with Gasteiger partial charge in [0, 0.05) is 31.5 Å². The average molecular weight is 341 g/mol. The van der Waals surface area contributed by atoms with Crippen LogP contribution in [0.1, 0.15) is 0 Å². The number of benzene rings is 2. The number of aromatic hydroxyl groups is 2. The molecule has 7 nitrogen and oxygen atoms in total. The van der Waals surface area contributed by atoms with Crippen LogP contribution in [0.15, 0.2) is 30.3 Å². The van der Waals surface area contributed by atoms with E-state index in [1.54, 1.807) is 13.2 Å². The first kappa shape index (κ1) is 15.6. The second-order valence-corrected chi connectivity index (χ2v) is 6.10. The third-order valence-corrected chi connectivity index (χ3v) is 4.56. The second-order valence-electron chi connectivity index (χ2n) is 6.10. The van der Waals surface area contributed by atoms with Gasteiger partial charge < -0.3 is 29.6 Å². The summed E-state index contributed by atoms with van der Waals surface area (Å²) in [5.41, 5.74) is 3.47. The van der Waals surface area contributed by atoms with Crippen LogP contribution in [0.25, 0.3) is 22.4 Å². The van der Waals surface area contributed by atoms with Crippen molar-refractivity contribution < 1.29 is 19.7 Å². The molecule has 2 aromatic carbocycles. The van der Waals surface area contributed by atoms with Gasteiger partial charge in [0.15, 0.2) is 11.5 Å². The number of aromatic nitrogens is 2. The van der Waals surface area contributed by atoms with Crippen LogP contribution < -0.4 is 9.64 Å². The monoisotopic (exact) mass is 341 g/mol. The number of rotatable bonds is 4. The third-order valence-electron chi connectivity index (χ3n) is 4.56. The fourth-order valence-corrected chi connectivity index (χ4v) is 3.01. The molecule has 0 radical (unpaired) electrons. The van der Waals surface area contributed by atoms with Crippen molar-refractivity contribution in [2.24, 2.45) is 0 Å². The minimum atomic E-state index is -0.282. The molecule has 1 aliphatic heterocycles. The van der Waals surface area contributed by atoms with E-state index in [2.05, 4.69) is 14.9 Å². The Kier molecular flexibility index (Phi) is 3.65. The Morgan fingerprint density at radius 2 is 1.96 bits per heavy atom. The first-order valence-electron chi connectivity index (χ1n) is 7.97. The van der Waals surface area contributed by atoms with Crippen molar-refractivity contribution in [3.05, 3.63) is 30.3 Å². The fraction of sp³-hybridized carbons (Fsp3) is 0.278. The molecule has 4 rings (SSSR count). The molecule has 2 heterocycles. The van der Waals surface area contributed by atoms with Crippen molar-refractivity contribution in [3.8, 4) is 28.6 Å². The average Bonchev–Trinajstić information content (AvgIpc) is 2.99. The largest absolute Gasteiger partial charge is 0.504 e. The molecule has 0 aliphatic carbocycles. The van der Waals surface area contributed by atoms with Crippen molar-refractivity contribution >= 4 is 16.7 Å². The topological polar surface area (TPSA) is 90.8 Å². The molecule has 0 amide bonds. The number of nitrogens with one attached hydrogen (secondary N) is 1. The zero-order valence-corrected chi connectivity index (χ0v) is 14.0. The SMILES string of the molecule is COc1cc(-c2nc3cc(N4CC(OC)C4)ccc3[nH]2)cc(O)c1O. The Morgan fingerprint density at radius 1 is 1.16 bits per heavy atom. The number of hydrogen-bond acceptors (Lipinski definition) is 6. The van der Waals surface area contributed by atoms with Crippen molar-refractivity contribution in [2.45, 2.75) is 6.10 Å². The predicted molar refractivity (Wildman–Crippen MR) is 94.4 cm³/mol. The van der Waals surface area contributed by atoms with Gasteiger partial charge in [0.2, 0.25) is 5.75 Å². The van der Waals surface area contributed by atoms with Gasteiger partial charge in [-0.1, -0.05) is 0 Å². The summed E-state index contributed by atoms with van der Waals surface area (Å²) < 4.78 is 10.4. The summed E-state index contributed by atoms with van der Waals surface area (Å²) in [5.74, 6) is 0.262. The molecular weight excluding hydrogens is 322 g/mol.